The highest BCUT2D eigenvalue weighted by Gasteiger charge is 2.11. The van der Waals surface area contributed by atoms with Gasteiger partial charge in [-0.1, -0.05) is 0 Å². The van der Waals surface area contributed by atoms with Crippen LogP contribution in [0.4, 0.5) is 8.78 Å². The number of carbonyl (C=O) groups excluding carboxylic acids is 1. The van der Waals surface area contributed by atoms with Gasteiger partial charge in [0.2, 0.25) is 5.91 Å². The van der Waals surface area contributed by atoms with Crippen LogP contribution in [0.25, 0.3) is 0 Å². The third kappa shape index (κ3) is 8.82. The van der Waals surface area contributed by atoms with Crippen molar-refractivity contribution in [1.29, 1.82) is 0 Å². The Morgan fingerprint density at radius 3 is 2.62 bits per heavy atom. The van der Waals surface area contributed by atoms with Crippen LogP contribution in [0.1, 0.15) is 6.42 Å². The molecule has 7 heteroatoms. The van der Waals surface area contributed by atoms with E-state index in [2.05, 4.69) is 10.1 Å². The summed E-state index contributed by atoms with van der Waals surface area (Å²) in [6, 6.07) is -0.269. The second kappa shape index (κ2) is 9.74. The zero-order valence-corrected chi connectivity index (χ0v) is 9.80. The van der Waals surface area contributed by atoms with E-state index in [9.17, 15) is 13.6 Å². The van der Waals surface area contributed by atoms with Gasteiger partial charge in [-0.05, 0) is 0 Å². The van der Waals surface area contributed by atoms with Crippen LogP contribution in [0.15, 0.2) is 0 Å². The van der Waals surface area contributed by atoms with Crippen molar-refractivity contribution in [3.05, 3.63) is 0 Å². The quantitative estimate of drug-likeness (QED) is 0.497. The molecule has 0 heterocycles. The Kier molecular flexibility index (Phi) is 9.46. The van der Waals surface area contributed by atoms with E-state index in [1.807, 2.05) is 0 Å². The fraction of sp³-hybridized carbons (Fsp3) is 0.889. The summed E-state index contributed by atoms with van der Waals surface area (Å²) in [6.07, 6.45) is -2.48. The summed E-state index contributed by atoms with van der Waals surface area (Å²) >= 11 is 5.57. The van der Waals surface area contributed by atoms with Crippen LogP contribution in [0.3, 0.4) is 0 Å². The number of halogens is 3. The molecule has 1 atom stereocenters. The van der Waals surface area contributed by atoms with Crippen molar-refractivity contribution in [3.8, 4) is 0 Å². The number of hydrogen-bond donors (Lipinski definition) is 1. The predicted octanol–water partition coefficient (Wildman–Crippen LogP) is 1.03. The van der Waals surface area contributed by atoms with Crippen LogP contribution in [0.5, 0.6) is 0 Å². The number of amides is 1. The fourth-order valence-corrected chi connectivity index (χ4v) is 1.13. The minimum Gasteiger partial charge on any atom is -0.383 e. The van der Waals surface area contributed by atoms with Gasteiger partial charge in [-0.15, -0.1) is 11.6 Å². The lowest BCUT2D eigenvalue weighted by molar-refractivity contribution is -0.123. The molecule has 0 fully saturated rings. The molecule has 0 aromatic carbocycles. The second-order valence-corrected chi connectivity index (χ2v) is 3.40. The lowest BCUT2D eigenvalue weighted by Crippen LogP contribution is -2.39. The lowest BCUT2D eigenvalue weighted by atomic mass is 10.3. The molecule has 0 saturated heterocycles. The molecule has 1 unspecified atom stereocenters. The van der Waals surface area contributed by atoms with Gasteiger partial charge in [0.1, 0.15) is 6.61 Å². The SMILES string of the molecule is COCC(CCl)NC(=O)CCOCC(F)F. The Morgan fingerprint density at radius 2 is 2.12 bits per heavy atom. The fourth-order valence-electron chi connectivity index (χ4n) is 0.963. The number of carbonyl (C=O) groups is 1. The Hall–Kier alpha value is -0.460. The first-order valence-corrected chi connectivity index (χ1v) is 5.33. The molecular formula is C9H16ClF2NO3. The summed E-state index contributed by atoms with van der Waals surface area (Å²) in [7, 11) is 1.50. The van der Waals surface area contributed by atoms with Gasteiger partial charge in [-0.25, -0.2) is 8.78 Å². The van der Waals surface area contributed by atoms with Crippen LogP contribution < -0.4 is 5.32 Å². The van der Waals surface area contributed by atoms with E-state index >= 15 is 0 Å². The van der Waals surface area contributed by atoms with Crippen molar-refractivity contribution < 1.29 is 23.0 Å². The monoisotopic (exact) mass is 259 g/mol. The molecular weight excluding hydrogens is 244 g/mol. The molecule has 0 rings (SSSR count). The van der Waals surface area contributed by atoms with Crippen LogP contribution in [0, 0.1) is 0 Å². The lowest BCUT2D eigenvalue weighted by Gasteiger charge is -2.14. The van der Waals surface area contributed by atoms with E-state index in [1.54, 1.807) is 0 Å². The van der Waals surface area contributed by atoms with E-state index < -0.39 is 13.0 Å². The molecule has 0 saturated carbocycles. The van der Waals surface area contributed by atoms with Gasteiger partial charge in [0.25, 0.3) is 6.43 Å². The van der Waals surface area contributed by atoms with Crippen molar-refractivity contribution in [2.45, 2.75) is 18.9 Å². The molecule has 0 aromatic rings. The highest BCUT2D eigenvalue weighted by atomic mass is 35.5. The number of nitrogens with one attached hydrogen (secondary N) is 1. The van der Waals surface area contributed by atoms with Crippen LogP contribution in [-0.2, 0) is 14.3 Å². The average Bonchev–Trinajstić information content (AvgIpc) is 2.23. The first kappa shape index (κ1) is 15.5. The van der Waals surface area contributed by atoms with E-state index in [-0.39, 0.29) is 30.9 Å². The van der Waals surface area contributed by atoms with Gasteiger partial charge in [-0.2, -0.15) is 0 Å². The molecule has 96 valence electrons. The topological polar surface area (TPSA) is 47.6 Å². The zero-order valence-electron chi connectivity index (χ0n) is 9.05. The van der Waals surface area contributed by atoms with E-state index in [4.69, 9.17) is 16.3 Å². The van der Waals surface area contributed by atoms with Gasteiger partial charge in [0.05, 0.1) is 19.3 Å². The van der Waals surface area contributed by atoms with Crippen LogP contribution in [-0.4, -0.2) is 51.2 Å². The molecule has 0 aliphatic rings. The van der Waals surface area contributed by atoms with E-state index in [0.717, 1.165) is 0 Å². The van der Waals surface area contributed by atoms with Gasteiger partial charge >= 0.3 is 0 Å². The molecule has 16 heavy (non-hydrogen) atoms. The summed E-state index contributed by atoms with van der Waals surface area (Å²) in [4.78, 5) is 11.2. The van der Waals surface area contributed by atoms with Crippen LogP contribution >= 0.6 is 11.6 Å². The first-order chi connectivity index (χ1) is 7.60. The summed E-state index contributed by atoms with van der Waals surface area (Å²) < 4.78 is 32.7. The summed E-state index contributed by atoms with van der Waals surface area (Å²) in [5, 5.41) is 2.59. The number of alkyl halides is 3. The maximum atomic E-state index is 11.7. The highest BCUT2D eigenvalue weighted by Crippen LogP contribution is 1.95. The molecule has 1 amide bonds. The molecule has 0 aliphatic carbocycles. The van der Waals surface area contributed by atoms with Gasteiger partial charge in [-0.3, -0.25) is 4.79 Å². The zero-order chi connectivity index (χ0) is 12.4. The van der Waals surface area contributed by atoms with E-state index in [1.165, 1.54) is 7.11 Å². The Balaban J connectivity index is 3.56. The second-order valence-electron chi connectivity index (χ2n) is 3.09. The maximum absolute atomic E-state index is 11.7. The molecule has 0 bridgehead atoms. The number of methoxy groups -OCH3 is 1. The predicted molar refractivity (Wildman–Crippen MR) is 56.0 cm³/mol. The molecule has 4 nitrogen and oxygen atoms in total. The average molecular weight is 260 g/mol. The minimum absolute atomic E-state index is 0.0296. The van der Waals surface area contributed by atoms with Gasteiger partial charge < -0.3 is 14.8 Å². The molecule has 0 aromatic heterocycles. The molecule has 0 radical (unpaired) electrons. The van der Waals surface area contributed by atoms with E-state index in [0.29, 0.717) is 6.61 Å². The largest absolute Gasteiger partial charge is 0.383 e. The van der Waals surface area contributed by atoms with Crippen molar-refractivity contribution in [2.75, 3.05) is 32.8 Å². The van der Waals surface area contributed by atoms with Crippen molar-refractivity contribution >= 4 is 17.5 Å². The minimum atomic E-state index is -2.51. The highest BCUT2D eigenvalue weighted by molar-refractivity contribution is 6.18. The third-order valence-electron chi connectivity index (χ3n) is 1.64. The van der Waals surface area contributed by atoms with Gasteiger partial charge in [0.15, 0.2) is 0 Å². The third-order valence-corrected chi connectivity index (χ3v) is 2.01. The summed E-state index contributed by atoms with van der Waals surface area (Å²) in [6.45, 7) is -0.365. The smallest absolute Gasteiger partial charge is 0.261 e. The van der Waals surface area contributed by atoms with Crippen molar-refractivity contribution in [2.24, 2.45) is 0 Å². The Bertz CT molecular complexity index is 196. The Morgan fingerprint density at radius 1 is 1.44 bits per heavy atom. The summed E-state index contributed by atoms with van der Waals surface area (Å²) in [5.41, 5.74) is 0. The van der Waals surface area contributed by atoms with Crippen LogP contribution in [0.2, 0.25) is 0 Å². The first-order valence-electron chi connectivity index (χ1n) is 4.80. The maximum Gasteiger partial charge on any atom is 0.261 e. The number of ether oxygens (including phenoxy) is 2. The molecule has 0 spiro atoms. The Labute approximate surface area is 98.2 Å². The van der Waals surface area contributed by atoms with Crippen molar-refractivity contribution in [1.82, 2.24) is 5.32 Å². The van der Waals surface area contributed by atoms with Gasteiger partial charge in [0, 0.05) is 19.4 Å². The van der Waals surface area contributed by atoms with Crippen molar-refractivity contribution in [3.63, 3.8) is 0 Å². The normalized spacial score (nSPS) is 12.8. The molecule has 1 N–H and O–H groups in total. The standard InChI is InChI=1S/C9H16ClF2NO3/c1-15-5-7(4-10)13-9(14)2-3-16-6-8(11)12/h7-8H,2-6H2,1H3,(H,13,14). The molecule has 0 aliphatic heterocycles. The summed E-state index contributed by atoms with van der Waals surface area (Å²) in [5.74, 6) is -0.0609. The number of rotatable bonds is 9. The number of hydrogen-bond acceptors (Lipinski definition) is 3.